The van der Waals surface area contributed by atoms with Gasteiger partial charge in [-0.05, 0) is 103 Å². The molecule has 3 aliphatic rings. The van der Waals surface area contributed by atoms with Crippen LogP contribution in [0.4, 0.5) is 25.8 Å². The average molecular weight is 712 g/mol. The second kappa shape index (κ2) is 11.5. The third-order valence-electron chi connectivity index (χ3n) is 12.4. The molecule has 0 bridgehead atoms. The number of anilines is 3. The van der Waals surface area contributed by atoms with E-state index in [2.05, 4.69) is 164 Å². The fourth-order valence-corrected chi connectivity index (χ4v) is 10.2. The number of hydrogen-bond donors (Lipinski definition) is 0. The van der Waals surface area contributed by atoms with Crippen LogP contribution in [0.3, 0.4) is 0 Å². The zero-order chi connectivity index (χ0) is 37.1. The van der Waals surface area contributed by atoms with E-state index in [1.807, 2.05) is 12.1 Å². The van der Waals surface area contributed by atoms with Crippen molar-refractivity contribution in [2.45, 2.75) is 24.7 Å². The summed E-state index contributed by atoms with van der Waals surface area (Å²) < 4.78 is 28.8. The first-order valence-corrected chi connectivity index (χ1v) is 18.9. The number of rotatable bonds is 4. The lowest BCUT2D eigenvalue weighted by Crippen LogP contribution is -2.26. The monoisotopic (exact) mass is 711 g/mol. The quantitative estimate of drug-likeness (QED) is 0.176. The van der Waals surface area contributed by atoms with E-state index in [4.69, 9.17) is 0 Å². The highest BCUT2D eigenvalue weighted by molar-refractivity contribution is 6.03. The van der Waals surface area contributed by atoms with E-state index in [0.717, 1.165) is 28.7 Å². The van der Waals surface area contributed by atoms with Crippen LogP contribution in [0.25, 0.3) is 44.5 Å². The van der Waals surface area contributed by atoms with Gasteiger partial charge in [0.1, 0.15) is 11.6 Å². The summed E-state index contributed by atoms with van der Waals surface area (Å²) in [5.74, 6) is -1.19. The van der Waals surface area contributed by atoms with Gasteiger partial charge in [0, 0.05) is 28.3 Å². The van der Waals surface area contributed by atoms with E-state index in [0.29, 0.717) is 5.56 Å². The molecule has 0 fully saturated rings. The number of fused-ring (bicyclic) bond motifs is 13. The van der Waals surface area contributed by atoms with Gasteiger partial charge in [0.15, 0.2) is 0 Å². The van der Waals surface area contributed by atoms with Crippen molar-refractivity contribution in [1.29, 1.82) is 0 Å². The molecular formula is C52H35F2N. The maximum atomic E-state index is 14.4. The highest BCUT2D eigenvalue weighted by atomic mass is 19.1. The van der Waals surface area contributed by atoms with Gasteiger partial charge in [-0.25, -0.2) is 8.78 Å². The summed E-state index contributed by atoms with van der Waals surface area (Å²) in [5.41, 5.74) is 18.8. The van der Waals surface area contributed by atoms with Crippen LogP contribution < -0.4 is 4.90 Å². The van der Waals surface area contributed by atoms with E-state index in [1.165, 1.54) is 78.9 Å². The van der Waals surface area contributed by atoms with Gasteiger partial charge in [0.05, 0.1) is 16.8 Å². The van der Waals surface area contributed by atoms with Gasteiger partial charge in [-0.1, -0.05) is 147 Å². The summed E-state index contributed by atoms with van der Waals surface area (Å²) in [6.45, 7) is 4.63. The lowest BCUT2D eigenvalue weighted by atomic mass is 9.70. The van der Waals surface area contributed by atoms with Gasteiger partial charge in [-0.2, -0.15) is 0 Å². The van der Waals surface area contributed by atoms with Crippen molar-refractivity contribution < 1.29 is 8.78 Å². The SMILES string of the molecule is CC1(C)c2ccccc2-c2c(N(c3ccc(-c4cc(F)cc(F)c4)cc3)c3cccc4c3-c3ccccc3C43c4ccccc4-c4ccccc43)cccc21. The Morgan fingerprint density at radius 3 is 1.40 bits per heavy atom. The molecule has 8 aromatic carbocycles. The van der Waals surface area contributed by atoms with Crippen molar-refractivity contribution >= 4 is 17.1 Å². The van der Waals surface area contributed by atoms with E-state index >= 15 is 0 Å². The highest BCUT2D eigenvalue weighted by Crippen LogP contribution is 2.65. The van der Waals surface area contributed by atoms with Crippen LogP contribution in [0.2, 0.25) is 0 Å². The van der Waals surface area contributed by atoms with Gasteiger partial charge in [0.25, 0.3) is 0 Å². The summed E-state index contributed by atoms with van der Waals surface area (Å²) in [6, 6.07) is 60.7. The molecule has 0 unspecified atom stereocenters. The van der Waals surface area contributed by atoms with Gasteiger partial charge in [-0.15, -0.1) is 0 Å². The zero-order valence-corrected chi connectivity index (χ0v) is 30.4. The minimum atomic E-state index is -0.593. The first-order chi connectivity index (χ1) is 26.9. The highest BCUT2D eigenvalue weighted by Gasteiger charge is 2.52. The van der Waals surface area contributed by atoms with Gasteiger partial charge < -0.3 is 4.90 Å². The molecule has 1 nitrogen and oxygen atoms in total. The minimum absolute atomic E-state index is 0.189. The smallest absolute Gasteiger partial charge is 0.126 e. The molecule has 0 radical (unpaired) electrons. The average Bonchev–Trinajstić information content (AvgIpc) is 3.78. The molecule has 3 aliphatic carbocycles. The largest absolute Gasteiger partial charge is 0.309 e. The van der Waals surface area contributed by atoms with E-state index in [-0.39, 0.29) is 5.41 Å². The molecule has 3 heteroatoms. The number of nitrogens with zero attached hydrogens (tertiary/aromatic N) is 1. The molecule has 0 saturated heterocycles. The predicted molar refractivity (Wildman–Crippen MR) is 220 cm³/mol. The van der Waals surface area contributed by atoms with Crippen LogP contribution in [0, 0.1) is 11.6 Å². The first-order valence-electron chi connectivity index (χ1n) is 18.9. The molecule has 0 heterocycles. The van der Waals surface area contributed by atoms with Crippen LogP contribution in [0.15, 0.2) is 176 Å². The minimum Gasteiger partial charge on any atom is -0.309 e. The Morgan fingerprint density at radius 1 is 0.382 bits per heavy atom. The molecule has 0 N–H and O–H groups in total. The van der Waals surface area contributed by atoms with Crippen molar-refractivity contribution in [2.75, 3.05) is 4.90 Å². The van der Waals surface area contributed by atoms with Gasteiger partial charge >= 0.3 is 0 Å². The topological polar surface area (TPSA) is 3.24 Å². The zero-order valence-electron chi connectivity index (χ0n) is 30.4. The summed E-state index contributed by atoms with van der Waals surface area (Å²) in [4.78, 5) is 2.41. The molecule has 11 rings (SSSR count). The molecule has 262 valence electrons. The van der Waals surface area contributed by atoms with Crippen LogP contribution >= 0.6 is 0 Å². The second-order valence-electron chi connectivity index (χ2n) is 15.5. The predicted octanol–water partition coefficient (Wildman–Crippen LogP) is 13.8. The normalized spacial score (nSPS) is 14.5. The lowest BCUT2D eigenvalue weighted by Gasteiger charge is -2.32. The van der Waals surface area contributed by atoms with Crippen LogP contribution in [0.1, 0.15) is 47.2 Å². The third kappa shape index (κ3) is 4.27. The molecular weight excluding hydrogens is 677 g/mol. The molecule has 0 saturated carbocycles. The summed E-state index contributed by atoms with van der Waals surface area (Å²) >= 11 is 0. The van der Waals surface area contributed by atoms with Crippen molar-refractivity contribution in [2.24, 2.45) is 0 Å². The molecule has 0 atom stereocenters. The maximum Gasteiger partial charge on any atom is 0.126 e. The maximum absolute atomic E-state index is 14.4. The summed E-state index contributed by atoms with van der Waals surface area (Å²) in [6.07, 6.45) is 0. The fourth-order valence-electron chi connectivity index (χ4n) is 10.2. The van der Waals surface area contributed by atoms with E-state index in [9.17, 15) is 8.78 Å². The summed E-state index contributed by atoms with van der Waals surface area (Å²) in [5, 5.41) is 0. The second-order valence-corrected chi connectivity index (χ2v) is 15.5. The van der Waals surface area contributed by atoms with E-state index < -0.39 is 17.0 Å². The Bertz CT molecular complexity index is 2820. The Kier molecular flexibility index (Phi) is 6.65. The van der Waals surface area contributed by atoms with Crippen molar-refractivity contribution in [3.05, 3.63) is 221 Å². The van der Waals surface area contributed by atoms with Crippen molar-refractivity contribution in [1.82, 2.24) is 0 Å². The molecule has 55 heavy (non-hydrogen) atoms. The molecule has 8 aromatic rings. The Labute approximate surface area is 319 Å². The Balaban J connectivity index is 1.21. The number of halogens is 2. The van der Waals surface area contributed by atoms with Crippen LogP contribution in [-0.2, 0) is 10.8 Å². The van der Waals surface area contributed by atoms with E-state index in [1.54, 1.807) is 0 Å². The number of hydrogen-bond acceptors (Lipinski definition) is 1. The Hall–Kier alpha value is -6.58. The lowest BCUT2D eigenvalue weighted by molar-refractivity contribution is 0.584. The molecule has 0 aromatic heterocycles. The van der Waals surface area contributed by atoms with Gasteiger partial charge in [-0.3, -0.25) is 0 Å². The third-order valence-corrected chi connectivity index (χ3v) is 12.4. The standard InChI is InChI=1S/C52H35F2N/c1-51(2)41-17-7-5-15-39(41)49-45(51)21-11-23-47(49)55(36-27-25-32(26-28-36)33-29-34(53)31-35(54)30-33)48-24-12-22-46-50(48)40-16-6-10-20-44(40)52(46)42-18-8-3-13-37(42)38-14-4-9-19-43(38)52/h3-31H,1-2H3. The molecule has 0 amide bonds. The van der Waals surface area contributed by atoms with Crippen molar-refractivity contribution in [3.8, 4) is 44.5 Å². The van der Waals surface area contributed by atoms with Crippen LogP contribution in [-0.4, -0.2) is 0 Å². The number of benzene rings is 8. The fraction of sp³-hybridized carbons (Fsp3) is 0.0769. The summed E-state index contributed by atoms with van der Waals surface area (Å²) in [7, 11) is 0. The van der Waals surface area contributed by atoms with Crippen LogP contribution in [0.5, 0.6) is 0 Å². The first kappa shape index (κ1) is 31.9. The molecule has 1 spiro atoms. The van der Waals surface area contributed by atoms with Crippen molar-refractivity contribution in [3.63, 3.8) is 0 Å². The Morgan fingerprint density at radius 2 is 0.818 bits per heavy atom. The van der Waals surface area contributed by atoms with Gasteiger partial charge in [0.2, 0.25) is 0 Å². The molecule has 0 aliphatic heterocycles.